The lowest BCUT2D eigenvalue weighted by atomic mass is 10.0. The van der Waals surface area contributed by atoms with Crippen LogP contribution in [0.5, 0.6) is 5.75 Å². The number of aliphatic hydroxyl groups is 2. The Morgan fingerprint density at radius 1 is 1.17 bits per heavy atom. The zero-order valence-electron chi connectivity index (χ0n) is 21.4. The number of hydrogen-bond acceptors (Lipinski definition) is 5. The molecule has 1 amide bonds. The average Bonchev–Trinajstić information content (AvgIpc) is 3.29. The summed E-state index contributed by atoms with van der Waals surface area (Å²) in [6, 6.07) is 12.7. The fraction of sp³-hybridized carbons (Fsp3) is 0.429. The second kappa shape index (κ2) is 12.9. The van der Waals surface area contributed by atoms with Gasteiger partial charge in [-0.15, -0.1) is 0 Å². The maximum Gasteiger partial charge on any atom is 0.251 e. The summed E-state index contributed by atoms with van der Waals surface area (Å²) >= 11 is 6.29. The van der Waals surface area contributed by atoms with E-state index in [0.29, 0.717) is 41.4 Å². The van der Waals surface area contributed by atoms with Crippen LogP contribution in [0.2, 0.25) is 5.02 Å². The van der Waals surface area contributed by atoms with Crippen LogP contribution in [0.25, 0.3) is 11.3 Å². The highest BCUT2D eigenvalue weighted by molar-refractivity contribution is 6.32. The van der Waals surface area contributed by atoms with Crippen molar-refractivity contribution in [2.75, 3.05) is 6.61 Å². The number of rotatable bonds is 12. The highest BCUT2D eigenvalue weighted by Gasteiger charge is 2.18. The molecule has 2 aromatic carbocycles. The van der Waals surface area contributed by atoms with Gasteiger partial charge < -0.3 is 24.8 Å². The summed E-state index contributed by atoms with van der Waals surface area (Å²) in [5.74, 6) is 0.958. The molecule has 1 heterocycles. The van der Waals surface area contributed by atoms with Crippen molar-refractivity contribution in [2.24, 2.45) is 0 Å². The Hall–Kier alpha value is -2.87. The number of nitrogens with zero attached hydrogens (tertiary/aromatic N) is 2. The molecule has 2 atom stereocenters. The molecule has 0 aliphatic heterocycles. The maximum absolute atomic E-state index is 12.9. The van der Waals surface area contributed by atoms with E-state index in [0.717, 1.165) is 23.4 Å². The van der Waals surface area contributed by atoms with Crippen LogP contribution >= 0.6 is 11.6 Å². The number of aryl methyl sites for hydroxylation is 1. The fourth-order valence-electron chi connectivity index (χ4n) is 4.01. The van der Waals surface area contributed by atoms with E-state index in [-0.39, 0.29) is 24.7 Å². The largest absolute Gasteiger partial charge is 0.489 e. The van der Waals surface area contributed by atoms with Crippen molar-refractivity contribution >= 4 is 17.5 Å². The number of aromatic nitrogens is 2. The molecule has 1 aromatic heterocycles. The minimum Gasteiger partial charge on any atom is -0.489 e. The summed E-state index contributed by atoms with van der Waals surface area (Å²) in [4.78, 5) is 17.5. The molecule has 0 saturated heterocycles. The predicted octanol–water partition coefficient (Wildman–Crippen LogP) is 5.18. The van der Waals surface area contributed by atoms with Crippen molar-refractivity contribution in [2.45, 2.75) is 71.8 Å². The molecule has 36 heavy (non-hydrogen) atoms. The molecular weight excluding hydrogens is 478 g/mol. The third-order valence-corrected chi connectivity index (χ3v) is 6.23. The number of benzene rings is 2. The number of nitrogens with one attached hydrogen (secondary N) is 1. The first-order valence-electron chi connectivity index (χ1n) is 12.5. The summed E-state index contributed by atoms with van der Waals surface area (Å²) in [7, 11) is 0. The summed E-state index contributed by atoms with van der Waals surface area (Å²) in [6.07, 6.45) is 2.95. The predicted molar refractivity (Wildman–Crippen MR) is 142 cm³/mol. The van der Waals surface area contributed by atoms with Crippen LogP contribution in [0.3, 0.4) is 0 Å². The van der Waals surface area contributed by atoms with Crippen molar-refractivity contribution in [3.05, 3.63) is 70.6 Å². The van der Waals surface area contributed by atoms with Gasteiger partial charge in [0.25, 0.3) is 5.91 Å². The lowest BCUT2D eigenvalue weighted by molar-refractivity contribution is 0.0930. The molecule has 0 spiro atoms. The molecule has 0 aliphatic carbocycles. The van der Waals surface area contributed by atoms with E-state index < -0.39 is 6.10 Å². The maximum atomic E-state index is 12.9. The van der Waals surface area contributed by atoms with Crippen LogP contribution in [0.1, 0.15) is 68.4 Å². The van der Waals surface area contributed by atoms with Crippen molar-refractivity contribution in [3.63, 3.8) is 0 Å². The average molecular weight is 514 g/mol. The van der Waals surface area contributed by atoms with Crippen LogP contribution < -0.4 is 10.1 Å². The fourth-order valence-corrected chi connectivity index (χ4v) is 4.23. The lowest BCUT2D eigenvalue weighted by Crippen LogP contribution is -2.37. The third-order valence-electron chi connectivity index (χ3n) is 5.93. The molecule has 8 heteroatoms. The van der Waals surface area contributed by atoms with Crippen LogP contribution in [0.4, 0.5) is 0 Å². The summed E-state index contributed by atoms with van der Waals surface area (Å²) in [5.41, 5.74) is 3.23. The normalized spacial score (nSPS) is 13.0. The van der Waals surface area contributed by atoms with E-state index in [4.69, 9.17) is 16.3 Å². The molecule has 3 aromatic rings. The van der Waals surface area contributed by atoms with Gasteiger partial charge in [-0.3, -0.25) is 4.79 Å². The van der Waals surface area contributed by atoms with E-state index >= 15 is 0 Å². The summed E-state index contributed by atoms with van der Waals surface area (Å²) in [5, 5.41) is 23.2. The van der Waals surface area contributed by atoms with Crippen LogP contribution in [0, 0.1) is 0 Å². The number of aliphatic hydroxyl groups excluding tert-OH is 2. The van der Waals surface area contributed by atoms with Crippen LogP contribution in [0.15, 0.2) is 48.7 Å². The summed E-state index contributed by atoms with van der Waals surface area (Å²) in [6.45, 7) is 8.47. The van der Waals surface area contributed by atoms with Gasteiger partial charge in [0.15, 0.2) is 0 Å². The number of amides is 1. The molecule has 3 rings (SSSR count). The first kappa shape index (κ1) is 27.7. The molecule has 0 radical (unpaired) electrons. The second-order valence-electron chi connectivity index (χ2n) is 9.09. The van der Waals surface area contributed by atoms with E-state index in [2.05, 4.69) is 10.3 Å². The van der Waals surface area contributed by atoms with Crippen molar-refractivity contribution < 1.29 is 19.7 Å². The third kappa shape index (κ3) is 7.09. The first-order chi connectivity index (χ1) is 17.2. The molecule has 0 aliphatic rings. The summed E-state index contributed by atoms with van der Waals surface area (Å²) < 4.78 is 7.61. The molecule has 194 valence electrons. The topological polar surface area (TPSA) is 96.6 Å². The van der Waals surface area contributed by atoms with Gasteiger partial charge in [0.1, 0.15) is 17.7 Å². The number of hydrogen-bond donors (Lipinski definition) is 3. The van der Waals surface area contributed by atoms with Crippen molar-refractivity contribution in [1.29, 1.82) is 0 Å². The first-order valence-corrected chi connectivity index (χ1v) is 12.9. The monoisotopic (exact) mass is 513 g/mol. The Morgan fingerprint density at radius 3 is 2.47 bits per heavy atom. The van der Waals surface area contributed by atoms with Gasteiger partial charge >= 0.3 is 0 Å². The minimum atomic E-state index is -0.588. The molecule has 0 saturated carbocycles. The zero-order valence-corrected chi connectivity index (χ0v) is 22.1. The number of ether oxygens (including phenoxy) is 1. The Labute approximate surface area is 218 Å². The lowest BCUT2D eigenvalue weighted by Gasteiger charge is -2.19. The van der Waals surface area contributed by atoms with Gasteiger partial charge in [-0.1, -0.05) is 42.8 Å². The number of carbonyl (C=O) groups excluding carboxylic acids is 1. The quantitative estimate of drug-likeness (QED) is 0.310. The van der Waals surface area contributed by atoms with Crippen molar-refractivity contribution in [1.82, 2.24) is 14.9 Å². The van der Waals surface area contributed by atoms with Gasteiger partial charge in [0.2, 0.25) is 0 Å². The standard InChI is InChI=1S/C28H36ClN3O4/c1-5-25(34)27-31-24(17-32(27)6-2)20-9-7-19(8-10-20)15-22(13-14-33)30-28(35)21-11-12-26(23(29)16-21)36-18(3)4/h7-12,16-18,22,25,33-34H,5-6,13-15H2,1-4H3,(H,30,35)/t22-,25?/m1/s1. The number of carbonyl (C=O) groups is 1. The Morgan fingerprint density at radius 2 is 1.89 bits per heavy atom. The molecule has 3 N–H and O–H groups in total. The van der Waals surface area contributed by atoms with Gasteiger partial charge in [-0.05, 0) is 63.8 Å². The Balaban J connectivity index is 1.70. The highest BCUT2D eigenvalue weighted by atomic mass is 35.5. The highest BCUT2D eigenvalue weighted by Crippen LogP contribution is 2.27. The molecule has 0 bridgehead atoms. The zero-order chi connectivity index (χ0) is 26.2. The van der Waals surface area contributed by atoms with E-state index in [9.17, 15) is 15.0 Å². The Kier molecular flexibility index (Phi) is 9.93. The van der Waals surface area contributed by atoms with Gasteiger partial charge in [-0.25, -0.2) is 4.98 Å². The molecule has 1 unspecified atom stereocenters. The smallest absolute Gasteiger partial charge is 0.251 e. The van der Waals surface area contributed by atoms with Crippen molar-refractivity contribution in [3.8, 4) is 17.0 Å². The van der Waals surface area contributed by atoms with Gasteiger partial charge in [-0.2, -0.15) is 0 Å². The van der Waals surface area contributed by atoms with E-state index in [1.165, 1.54) is 0 Å². The van der Waals surface area contributed by atoms with Crippen LogP contribution in [-0.4, -0.2) is 44.4 Å². The minimum absolute atomic E-state index is 0.0187. The second-order valence-corrected chi connectivity index (χ2v) is 9.50. The molecule has 7 nitrogen and oxygen atoms in total. The van der Waals surface area contributed by atoms with Gasteiger partial charge in [0.05, 0.1) is 16.8 Å². The number of imidazole rings is 1. The Bertz CT molecular complexity index is 1140. The van der Waals surface area contributed by atoms with Gasteiger partial charge in [0, 0.05) is 36.5 Å². The van der Waals surface area contributed by atoms with Crippen LogP contribution in [-0.2, 0) is 13.0 Å². The number of halogens is 1. The molecular formula is C28H36ClN3O4. The van der Waals surface area contributed by atoms with E-state index in [1.54, 1.807) is 18.2 Å². The van der Waals surface area contributed by atoms with E-state index in [1.807, 2.05) is 62.7 Å². The molecule has 0 fully saturated rings. The SMILES string of the molecule is CCC(O)c1nc(-c2ccc(C[C@@H](CCO)NC(=O)c3ccc(OC(C)C)c(Cl)c3)cc2)cn1CC.